The molecule has 1 heterocycles. The van der Waals surface area contributed by atoms with Gasteiger partial charge in [-0.25, -0.2) is 9.79 Å². The summed E-state index contributed by atoms with van der Waals surface area (Å²) in [6, 6.07) is 3.01. The van der Waals surface area contributed by atoms with Crippen molar-refractivity contribution < 1.29 is 14.6 Å². The number of thiophene rings is 1. The third-order valence-corrected chi connectivity index (χ3v) is 5.38. The Bertz CT molecular complexity index is 814. The number of halogens is 2. The van der Waals surface area contributed by atoms with Gasteiger partial charge in [-0.3, -0.25) is 0 Å². The summed E-state index contributed by atoms with van der Waals surface area (Å²) < 4.78 is 4.88. The van der Waals surface area contributed by atoms with Gasteiger partial charge in [0.15, 0.2) is 0 Å². The average molecular weight is 370 g/mol. The van der Waals surface area contributed by atoms with Gasteiger partial charge in [-0.15, -0.1) is 11.3 Å². The highest BCUT2D eigenvalue weighted by molar-refractivity contribution is 7.16. The Hall–Kier alpha value is -1.56. The van der Waals surface area contributed by atoms with Gasteiger partial charge in [-0.05, 0) is 37.0 Å². The van der Waals surface area contributed by atoms with E-state index in [2.05, 4.69) is 4.99 Å². The van der Waals surface area contributed by atoms with Crippen molar-refractivity contribution in [2.45, 2.75) is 19.3 Å². The number of ether oxygens (including phenoxy) is 1. The molecule has 0 saturated heterocycles. The molecule has 1 aromatic carbocycles. The number of phenols is 1. The van der Waals surface area contributed by atoms with Crippen LogP contribution in [0.5, 0.6) is 5.75 Å². The molecule has 0 spiro atoms. The standard InChI is InChI=1S/C16H13Cl2NO3S/c1-22-16(21)13-10-3-2-4-12(10)23-15(13)19-7-8-5-9(17)6-11(18)14(8)20/h5-7,20H,2-4H2,1H3/b19-7+. The number of carbonyl (C=O) groups is 1. The Labute approximate surface area is 147 Å². The molecule has 0 amide bonds. The first-order valence-corrected chi connectivity index (χ1v) is 8.53. The third kappa shape index (κ3) is 3.09. The van der Waals surface area contributed by atoms with E-state index in [0.717, 1.165) is 24.8 Å². The van der Waals surface area contributed by atoms with E-state index in [1.54, 1.807) is 6.07 Å². The number of benzene rings is 1. The van der Waals surface area contributed by atoms with Gasteiger partial charge >= 0.3 is 5.97 Å². The maximum atomic E-state index is 12.1. The number of rotatable bonds is 3. The van der Waals surface area contributed by atoms with Crippen LogP contribution in [0.15, 0.2) is 17.1 Å². The Kier molecular flexibility index (Phi) is 4.62. The first-order valence-electron chi connectivity index (χ1n) is 6.96. The first-order chi connectivity index (χ1) is 11.0. The predicted octanol–water partition coefficient (Wildman–Crippen LogP) is 4.79. The van der Waals surface area contributed by atoms with E-state index in [1.807, 2.05) is 0 Å². The van der Waals surface area contributed by atoms with Crippen LogP contribution in [0.25, 0.3) is 0 Å². The van der Waals surface area contributed by atoms with Crippen LogP contribution in [0.2, 0.25) is 10.0 Å². The van der Waals surface area contributed by atoms with Crippen LogP contribution in [0, 0.1) is 0 Å². The van der Waals surface area contributed by atoms with Gasteiger partial charge < -0.3 is 9.84 Å². The lowest BCUT2D eigenvalue weighted by molar-refractivity contribution is 0.0601. The number of nitrogens with zero attached hydrogens (tertiary/aromatic N) is 1. The fourth-order valence-electron chi connectivity index (χ4n) is 2.61. The number of methoxy groups -OCH3 is 1. The molecule has 23 heavy (non-hydrogen) atoms. The zero-order valence-corrected chi connectivity index (χ0v) is 14.6. The van der Waals surface area contributed by atoms with Crippen LogP contribution < -0.4 is 0 Å². The van der Waals surface area contributed by atoms with Gasteiger partial charge in [0.2, 0.25) is 0 Å². The molecule has 120 valence electrons. The van der Waals surface area contributed by atoms with Crippen molar-refractivity contribution in [3.63, 3.8) is 0 Å². The lowest BCUT2D eigenvalue weighted by Crippen LogP contribution is -2.03. The number of esters is 1. The molecule has 1 aliphatic carbocycles. The summed E-state index contributed by atoms with van der Waals surface area (Å²) in [7, 11) is 1.36. The van der Waals surface area contributed by atoms with Crippen LogP contribution in [0.4, 0.5) is 5.00 Å². The van der Waals surface area contributed by atoms with Gasteiger partial charge in [0, 0.05) is 21.7 Å². The lowest BCUT2D eigenvalue weighted by atomic mass is 10.1. The number of carbonyl (C=O) groups excluding carboxylic acids is 1. The summed E-state index contributed by atoms with van der Waals surface area (Å²) in [5, 5.41) is 11.1. The maximum Gasteiger partial charge on any atom is 0.341 e. The number of hydrogen-bond donors (Lipinski definition) is 1. The smallest absolute Gasteiger partial charge is 0.341 e. The second-order valence-corrected chi connectivity index (χ2v) is 7.04. The summed E-state index contributed by atoms with van der Waals surface area (Å²) >= 11 is 13.3. The van der Waals surface area contributed by atoms with Crippen molar-refractivity contribution in [2.75, 3.05) is 7.11 Å². The monoisotopic (exact) mass is 369 g/mol. The molecular weight excluding hydrogens is 357 g/mol. The van der Waals surface area contributed by atoms with Crippen LogP contribution in [-0.4, -0.2) is 24.4 Å². The maximum absolute atomic E-state index is 12.1. The van der Waals surface area contributed by atoms with Crippen molar-refractivity contribution in [1.29, 1.82) is 0 Å². The molecule has 1 N–H and O–H groups in total. The van der Waals surface area contributed by atoms with Gasteiger partial charge in [-0.1, -0.05) is 23.2 Å². The van der Waals surface area contributed by atoms with Crippen LogP contribution in [-0.2, 0) is 17.6 Å². The van der Waals surface area contributed by atoms with E-state index >= 15 is 0 Å². The molecule has 0 saturated carbocycles. The second kappa shape index (κ2) is 6.51. The molecule has 7 heteroatoms. The van der Waals surface area contributed by atoms with Crippen molar-refractivity contribution >= 4 is 51.7 Å². The topological polar surface area (TPSA) is 58.9 Å². The molecule has 3 rings (SSSR count). The van der Waals surface area contributed by atoms with Crippen molar-refractivity contribution in [1.82, 2.24) is 0 Å². The summed E-state index contributed by atoms with van der Waals surface area (Å²) in [5.74, 6) is -0.478. The zero-order valence-electron chi connectivity index (χ0n) is 12.2. The normalized spacial score (nSPS) is 13.5. The van der Waals surface area contributed by atoms with Gasteiger partial charge in [0.25, 0.3) is 0 Å². The summed E-state index contributed by atoms with van der Waals surface area (Å²) in [5.41, 5.74) is 1.95. The molecule has 0 unspecified atom stereocenters. The summed E-state index contributed by atoms with van der Waals surface area (Å²) in [6.07, 6.45) is 4.31. The molecule has 0 atom stereocenters. The molecule has 0 aliphatic heterocycles. The van der Waals surface area contributed by atoms with Crippen molar-refractivity contribution in [2.24, 2.45) is 4.99 Å². The molecule has 1 aromatic heterocycles. The Morgan fingerprint density at radius 1 is 1.39 bits per heavy atom. The minimum absolute atomic E-state index is 0.0940. The van der Waals surface area contributed by atoms with E-state index in [0.29, 0.717) is 21.2 Å². The van der Waals surface area contributed by atoms with E-state index in [1.165, 1.54) is 35.6 Å². The SMILES string of the molecule is COC(=O)c1c(/N=C/c2cc(Cl)cc(Cl)c2O)sc2c1CCC2. The fraction of sp³-hybridized carbons (Fsp3) is 0.250. The quantitative estimate of drug-likeness (QED) is 0.625. The highest BCUT2D eigenvalue weighted by Gasteiger charge is 2.26. The largest absolute Gasteiger partial charge is 0.506 e. The number of fused-ring (bicyclic) bond motifs is 1. The molecule has 4 nitrogen and oxygen atoms in total. The van der Waals surface area contributed by atoms with Crippen LogP contribution in [0.3, 0.4) is 0 Å². The van der Waals surface area contributed by atoms with E-state index in [4.69, 9.17) is 27.9 Å². The average Bonchev–Trinajstić information content (AvgIpc) is 3.09. The number of aryl methyl sites for hydroxylation is 1. The molecule has 0 fully saturated rings. The number of phenolic OH excluding ortho intramolecular Hbond substituents is 1. The van der Waals surface area contributed by atoms with Gasteiger partial charge in [-0.2, -0.15) is 0 Å². The summed E-state index contributed by atoms with van der Waals surface area (Å²) in [6.45, 7) is 0. The minimum atomic E-state index is -0.384. The van der Waals surface area contributed by atoms with E-state index in [9.17, 15) is 9.90 Å². The molecular formula is C16H13Cl2NO3S. The van der Waals surface area contributed by atoms with Crippen LogP contribution in [0.1, 0.15) is 32.8 Å². The molecule has 0 radical (unpaired) electrons. The third-order valence-electron chi connectivity index (χ3n) is 3.67. The highest BCUT2D eigenvalue weighted by Crippen LogP contribution is 2.41. The Morgan fingerprint density at radius 3 is 2.91 bits per heavy atom. The predicted molar refractivity (Wildman–Crippen MR) is 93.1 cm³/mol. The van der Waals surface area contributed by atoms with Gasteiger partial charge in [0.1, 0.15) is 10.8 Å². The van der Waals surface area contributed by atoms with E-state index < -0.39 is 0 Å². The summed E-state index contributed by atoms with van der Waals surface area (Å²) in [4.78, 5) is 17.6. The Balaban J connectivity index is 2.02. The number of hydrogen-bond acceptors (Lipinski definition) is 5. The fourth-order valence-corrected chi connectivity index (χ4v) is 4.34. The zero-order chi connectivity index (χ0) is 16.6. The van der Waals surface area contributed by atoms with E-state index in [-0.39, 0.29) is 16.7 Å². The molecule has 0 bridgehead atoms. The molecule has 1 aliphatic rings. The van der Waals surface area contributed by atoms with Gasteiger partial charge in [0.05, 0.1) is 17.7 Å². The molecule has 2 aromatic rings. The number of aromatic hydroxyl groups is 1. The Morgan fingerprint density at radius 2 is 2.17 bits per heavy atom. The minimum Gasteiger partial charge on any atom is -0.506 e. The number of aliphatic imine (C=N–C) groups is 1. The van der Waals surface area contributed by atoms with Crippen molar-refractivity contribution in [3.8, 4) is 5.75 Å². The van der Waals surface area contributed by atoms with Crippen molar-refractivity contribution in [3.05, 3.63) is 43.7 Å². The van der Waals surface area contributed by atoms with Crippen LogP contribution >= 0.6 is 34.5 Å². The second-order valence-electron chi connectivity index (χ2n) is 5.11. The lowest BCUT2D eigenvalue weighted by Gasteiger charge is -2.03. The first kappa shape index (κ1) is 16.3. The highest BCUT2D eigenvalue weighted by atomic mass is 35.5.